The van der Waals surface area contributed by atoms with Crippen molar-refractivity contribution in [2.24, 2.45) is 0 Å². The van der Waals surface area contributed by atoms with Crippen molar-refractivity contribution in [1.82, 2.24) is 4.98 Å². The molecule has 3 rings (SSSR count). The van der Waals surface area contributed by atoms with E-state index in [0.29, 0.717) is 13.2 Å². The first-order chi connectivity index (χ1) is 10.9. The zero-order valence-electron chi connectivity index (χ0n) is 12.4. The molecule has 0 aliphatic carbocycles. The van der Waals surface area contributed by atoms with Crippen LogP contribution in [-0.4, -0.2) is 25.3 Å². The quantitative estimate of drug-likeness (QED) is 0.643. The van der Waals surface area contributed by atoms with E-state index in [9.17, 15) is 0 Å². The lowest BCUT2D eigenvalue weighted by Crippen LogP contribution is -2.04. The Labute approximate surface area is 129 Å². The van der Waals surface area contributed by atoms with Gasteiger partial charge in [-0.05, 0) is 36.4 Å². The predicted octanol–water partition coefficient (Wildman–Crippen LogP) is 4.05. The van der Waals surface area contributed by atoms with Crippen LogP contribution < -0.4 is 9.47 Å². The summed E-state index contributed by atoms with van der Waals surface area (Å²) >= 11 is 0. The number of ether oxygens (including phenoxy) is 3. The molecule has 0 amide bonds. The van der Waals surface area contributed by atoms with Crippen LogP contribution in [0.5, 0.6) is 17.2 Å². The maximum absolute atomic E-state index is 5.99. The molecule has 0 N–H and O–H groups in total. The van der Waals surface area contributed by atoms with E-state index in [2.05, 4.69) is 4.98 Å². The normalized spacial score (nSPS) is 10.6. The van der Waals surface area contributed by atoms with Crippen LogP contribution in [0.25, 0.3) is 10.9 Å². The minimum Gasteiger partial charge on any atom is -0.491 e. The van der Waals surface area contributed by atoms with E-state index < -0.39 is 0 Å². The molecule has 0 radical (unpaired) electrons. The van der Waals surface area contributed by atoms with Gasteiger partial charge in [0.25, 0.3) is 0 Å². The second kappa shape index (κ2) is 6.91. The molecule has 22 heavy (non-hydrogen) atoms. The lowest BCUT2D eigenvalue weighted by atomic mass is 10.2. The molecule has 1 heterocycles. The van der Waals surface area contributed by atoms with Crippen molar-refractivity contribution in [2.45, 2.75) is 0 Å². The van der Waals surface area contributed by atoms with Gasteiger partial charge in [-0.15, -0.1) is 0 Å². The maximum Gasteiger partial charge on any atom is 0.136 e. The van der Waals surface area contributed by atoms with Crippen molar-refractivity contribution in [2.75, 3.05) is 20.3 Å². The van der Waals surface area contributed by atoms with Crippen molar-refractivity contribution < 1.29 is 14.2 Å². The Hall–Kier alpha value is -2.59. The predicted molar refractivity (Wildman–Crippen MR) is 85.6 cm³/mol. The molecule has 0 spiro atoms. The summed E-state index contributed by atoms with van der Waals surface area (Å²) in [5, 5.41) is 0.982. The summed E-state index contributed by atoms with van der Waals surface area (Å²) in [4.78, 5) is 4.33. The Morgan fingerprint density at radius 1 is 0.909 bits per heavy atom. The van der Waals surface area contributed by atoms with Gasteiger partial charge in [-0.2, -0.15) is 0 Å². The zero-order valence-corrected chi connectivity index (χ0v) is 12.4. The molecule has 0 aliphatic rings. The van der Waals surface area contributed by atoms with Crippen molar-refractivity contribution in [3.63, 3.8) is 0 Å². The molecule has 2 aromatic carbocycles. The number of hydrogen-bond donors (Lipinski definition) is 0. The molecule has 3 aromatic rings. The molecule has 0 saturated heterocycles. The van der Waals surface area contributed by atoms with E-state index in [1.54, 1.807) is 13.3 Å². The number of nitrogens with zero attached hydrogens (tertiary/aromatic N) is 1. The first kappa shape index (κ1) is 14.4. The summed E-state index contributed by atoms with van der Waals surface area (Å²) in [6.07, 6.45) is 1.77. The third kappa shape index (κ3) is 3.35. The first-order valence-electron chi connectivity index (χ1n) is 7.10. The van der Waals surface area contributed by atoms with Crippen molar-refractivity contribution in [3.05, 3.63) is 60.8 Å². The SMILES string of the molecule is COCCOc1cccc(Oc2cccc3ncccc23)c1. The monoisotopic (exact) mass is 295 g/mol. The van der Waals surface area contributed by atoms with E-state index in [-0.39, 0.29) is 0 Å². The van der Waals surface area contributed by atoms with Gasteiger partial charge >= 0.3 is 0 Å². The number of rotatable bonds is 6. The molecule has 0 unspecified atom stereocenters. The Balaban J connectivity index is 1.81. The third-order valence-corrected chi connectivity index (χ3v) is 3.20. The van der Waals surface area contributed by atoms with E-state index in [1.165, 1.54) is 0 Å². The maximum atomic E-state index is 5.99. The fraction of sp³-hybridized carbons (Fsp3) is 0.167. The van der Waals surface area contributed by atoms with Crippen molar-refractivity contribution in [3.8, 4) is 17.2 Å². The Morgan fingerprint density at radius 2 is 1.77 bits per heavy atom. The Morgan fingerprint density at radius 3 is 2.68 bits per heavy atom. The van der Waals surface area contributed by atoms with E-state index in [1.807, 2.05) is 54.6 Å². The van der Waals surface area contributed by atoms with Gasteiger partial charge in [0.15, 0.2) is 0 Å². The van der Waals surface area contributed by atoms with Gasteiger partial charge in [0, 0.05) is 24.8 Å². The van der Waals surface area contributed by atoms with Crippen LogP contribution in [0.2, 0.25) is 0 Å². The second-order valence-electron chi connectivity index (χ2n) is 4.74. The van der Waals surface area contributed by atoms with Gasteiger partial charge in [-0.3, -0.25) is 4.98 Å². The molecule has 0 aliphatic heterocycles. The summed E-state index contributed by atoms with van der Waals surface area (Å²) in [5.41, 5.74) is 0.910. The van der Waals surface area contributed by atoms with Crippen LogP contribution >= 0.6 is 0 Å². The van der Waals surface area contributed by atoms with Crippen molar-refractivity contribution >= 4 is 10.9 Å². The van der Waals surface area contributed by atoms with Crippen LogP contribution in [0.15, 0.2) is 60.8 Å². The molecule has 1 aromatic heterocycles. The minimum absolute atomic E-state index is 0.512. The summed E-state index contributed by atoms with van der Waals surface area (Å²) < 4.78 is 16.6. The van der Waals surface area contributed by atoms with E-state index in [0.717, 1.165) is 28.2 Å². The second-order valence-corrected chi connectivity index (χ2v) is 4.74. The zero-order chi connectivity index (χ0) is 15.2. The molecular weight excluding hydrogens is 278 g/mol. The minimum atomic E-state index is 0.512. The number of aromatic nitrogens is 1. The summed E-state index contributed by atoms with van der Waals surface area (Å²) in [6, 6.07) is 17.3. The largest absolute Gasteiger partial charge is 0.491 e. The van der Waals surface area contributed by atoms with Gasteiger partial charge in [0.05, 0.1) is 12.1 Å². The van der Waals surface area contributed by atoms with Crippen LogP contribution in [0.3, 0.4) is 0 Å². The number of pyridine rings is 1. The molecule has 0 bridgehead atoms. The molecule has 0 saturated carbocycles. The summed E-state index contributed by atoms with van der Waals surface area (Å²) in [6.45, 7) is 1.07. The van der Waals surface area contributed by atoms with Gasteiger partial charge in [0.1, 0.15) is 23.9 Å². The Kier molecular flexibility index (Phi) is 4.51. The van der Waals surface area contributed by atoms with E-state index in [4.69, 9.17) is 14.2 Å². The van der Waals surface area contributed by atoms with Crippen molar-refractivity contribution in [1.29, 1.82) is 0 Å². The number of fused-ring (bicyclic) bond motifs is 1. The highest BCUT2D eigenvalue weighted by atomic mass is 16.5. The number of methoxy groups -OCH3 is 1. The Bertz CT molecular complexity index is 753. The van der Waals surface area contributed by atoms with Crippen LogP contribution in [0, 0.1) is 0 Å². The fourth-order valence-corrected chi connectivity index (χ4v) is 2.16. The van der Waals surface area contributed by atoms with Gasteiger partial charge in [-0.1, -0.05) is 12.1 Å². The highest BCUT2D eigenvalue weighted by molar-refractivity contribution is 5.85. The summed E-state index contributed by atoms with van der Waals surface area (Å²) in [7, 11) is 1.65. The average molecular weight is 295 g/mol. The fourth-order valence-electron chi connectivity index (χ4n) is 2.16. The number of hydrogen-bond acceptors (Lipinski definition) is 4. The lowest BCUT2D eigenvalue weighted by Gasteiger charge is -2.10. The highest BCUT2D eigenvalue weighted by Crippen LogP contribution is 2.30. The van der Waals surface area contributed by atoms with Gasteiger partial charge in [0.2, 0.25) is 0 Å². The highest BCUT2D eigenvalue weighted by Gasteiger charge is 2.04. The summed E-state index contributed by atoms with van der Waals surface area (Å²) in [5.74, 6) is 2.26. The molecular formula is C18H17NO3. The molecule has 112 valence electrons. The molecule has 4 heteroatoms. The topological polar surface area (TPSA) is 40.6 Å². The van der Waals surface area contributed by atoms with E-state index >= 15 is 0 Å². The third-order valence-electron chi connectivity index (χ3n) is 3.20. The molecule has 0 fully saturated rings. The lowest BCUT2D eigenvalue weighted by molar-refractivity contribution is 0.146. The molecule has 4 nitrogen and oxygen atoms in total. The van der Waals surface area contributed by atoms with Gasteiger partial charge < -0.3 is 14.2 Å². The number of benzene rings is 2. The molecule has 0 atom stereocenters. The van der Waals surface area contributed by atoms with Crippen LogP contribution in [-0.2, 0) is 4.74 Å². The van der Waals surface area contributed by atoms with Crippen LogP contribution in [0.1, 0.15) is 0 Å². The first-order valence-corrected chi connectivity index (χ1v) is 7.10. The van der Waals surface area contributed by atoms with Gasteiger partial charge in [-0.25, -0.2) is 0 Å². The van der Waals surface area contributed by atoms with Crippen LogP contribution in [0.4, 0.5) is 0 Å². The smallest absolute Gasteiger partial charge is 0.136 e. The standard InChI is InChI=1S/C18H17NO3/c1-20-11-12-21-14-5-2-6-15(13-14)22-18-9-3-8-17-16(18)7-4-10-19-17/h2-10,13H,11-12H2,1H3. The average Bonchev–Trinajstić information content (AvgIpc) is 2.56.